The van der Waals surface area contributed by atoms with Crippen LogP contribution in [0, 0.1) is 35.0 Å². The van der Waals surface area contributed by atoms with Crippen LogP contribution in [0.5, 0.6) is 0 Å². The summed E-state index contributed by atoms with van der Waals surface area (Å²) in [5.74, 6) is -5.78. The third-order valence-corrected chi connectivity index (χ3v) is 8.25. The Kier molecular flexibility index (Phi) is 8.95. The molecular weight excluding hydrogens is 468 g/mol. The van der Waals surface area contributed by atoms with Gasteiger partial charge >= 0.3 is 11.9 Å². The van der Waals surface area contributed by atoms with Crippen molar-refractivity contribution in [3.63, 3.8) is 0 Å². The molecule has 0 bridgehead atoms. The third-order valence-electron chi connectivity index (χ3n) is 8.25. The first-order valence-corrected chi connectivity index (χ1v) is 12.4. The van der Waals surface area contributed by atoms with Crippen LogP contribution >= 0.6 is 0 Å². The highest BCUT2D eigenvalue weighted by Gasteiger charge is 2.68. The highest BCUT2D eigenvalue weighted by atomic mass is 16.5. The zero-order valence-electron chi connectivity index (χ0n) is 22.0. The zero-order valence-corrected chi connectivity index (χ0v) is 22.0. The Bertz CT molecular complexity index is 945. The summed E-state index contributed by atoms with van der Waals surface area (Å²) >= 11 is 0. The van der Waals surface area contributed by atoms with Gasteiger partial charge in [0.1, 0.15) is 5.60 Å². The van der Waals surface area contributed by atoms with E-state index in [0.717, 1.165) is 12.2 Å². The maximum Gasteiger partial charge on any atom is 0.328 e. The van der Waals surface area contributed by atoms with Crippen molar-refractivity contribution in [2.24, 2.45) is 35.0 Å². The van der Waals surface area contributed by atoms with Crippen molar-refractivity contribution in [2.45, 2.75) is 78.4 Å². The lowest BCUT2D eigenvalue weighted by molar-refractivity contribution is -0.206. The third kappa shape index (κ3) is 5.72. The Morgan fingerprint density at radius 2 is 1.78 bits per heavy atom. The summed E-state index contributed by atoms with van der Waals surface area (Å²) < 4.78 is 5.44. The Labute approximate surface area is 212 Å². The number of ketones is 2. The Hall–Kier alpha value is -2.52. The second kappa shape index (κ2) is 10.8. The first kappa shape index (κ1) is 29.7. The van der Waals surface area contributed by atoms with E-state index >= 15 is 0 Å². The molecule has 1 unspecified atom stereocenters. The minimum absolute atomic E-state index is 0.108. The number of allylic oxidation sites excluding steroid dienone is 1. The van der Waals surface area contributed by atoms with E-state index in [4.69, 9.17) is 9.84 Å². The number of carboxylic acid groups (broad SMARTS) is 1. The van der Waals surface area contributed by atoms with Gasteiger partial charge in [-0.15, -0.1) is 0 Å². The SMILES string of the molecule is CC[C@@H](COC(=O)C/C(C)=C/C(=O)O)[C@@H]1C(C)(C(=O)/C=C\O)[C@H]2[C@H](C)C[C@@](C)(O)C[C@@H]2C(=O)[C@@]1(C)O. The molecule has 0 saturated heterocycles. The van der Waals surface area contributed by atoms with E-state index in [-0.39, 0.29) is 25.4 Å². The van der Waals surface area contributed by atoms with Gasteiger partial charge in [0.15, 0.2) is 11.6 Å². The second-order valence-electron chi connectivity index (χ2n) is 11.3. The zero-order chi connectivity index (χ0) is 27.6. The molecule has 0 aromatic heterocycles. The number of rotatable bonds is 9. The molecule has 2 aliphatic carbocycles. The fourth-order valence-electron chi connectivity index (χ4n) is 7.19. The van der Waals surface area contributed by atoms with Crippen molar-refractivity contribution in [1.82, 2.24) is 0 Å². The van der Waals surface area contributed by atoms with E-state index in [9.17, 15) is 34.5 Å². The van der Waals surface area contributed by atoms with E-state index in [1.54, 1.807) is 13.8 Å². The lowest BCUT2D eigenvalue weighted by atomic mass is 9.42. The minimum Gasteiger partial charge on any atom is -0.515 e. The van der Waals surface area contributed by atoms with Crippen LogP contribution in [0.25, 0.3) is 0 Å². The summed E-state index contributed by atoms with van der Waals surface area (Å²) in [4.78, 5) is 50.5. The van der Waals surface area contributed by atoms with E-state index in [1.807, 2.05) is 13.8 Å². The molecule has 202 valence electrons. The number of esters is 1. The summed E-state index contributed by atoms with van der Waals surface area (Å²) in [6, 6.07) is 0. The van der Waals surface area contributed by atoms with Crippen molar-refractivity contribution >= 4 is 23.5 Å². The quantitative estimate of drug-likeness (QED) is 0.209. The maximum absolute atomic E-state index is 13.7. The molecule has 36 heavy (non-hydrogen) atoms. The topological polar surface area (TPSA) is 158 Å². The average Bonchev–Trinajstić information content (AvgIpc) is 2.72. The van der Waals surface area contributed by atoms with Gasteiger partial charge in [-0.3, -0.25) is 14.4 Å². The average molecular weight is 509 g/mol. The summed E-state index contributed by atoms with van der Waals surface area (Å²) in [7, 11) is 0. The standard InChI is InChI=1S/C27H40O9/c1-7-17(14-36-21(32)11-15(2)10-20(30)31)23-26(5,19(29)8-9-28)22-16(3)12-25(4,34)13-18(22)24(33)27(23,6)35/h8-10,16-18,22-23,28,34-35H,7,11-14H2,1-6H3,(H,30,31)/b9-8-,15-10+/t16-,17+,18+,22+,23-,25-,26?,27+/m1/s1. The molecule has 2 rings (SSSR count). The summed E-state index contributed by atoms with van der Waals surface area (Å²) in [5.41, 5.74) is -4.09. The van der Waals surface area contributed by atoms with Gasteiger partial charge in [-0.2, -0.15) is 0 Å². The minimum atomic E-state index is -1.96. The first-order chi connectivity index (χ1) is 16.5. The number of hydrogen-bond donors (Lipinski definition) is 4. The summed E-state index contributed by atoms with van der Waals surface area (Å²) in [5, 5.41) is 40.8. The largest absolute Gasteiger partial charge is 0.515 e. The molecule has 2 saturated carbocycles. The van der Waals surface area contributed by atoms with Gasteiger partial charge in [0.25, 0.3) is 0 Å². The molecule has 2 aliphatic rings. The van der Waals surface area contributed by atoms with Crippen molar-refractivity contribution in [1.29, 1.82) is 0 Å². The van der Waals surface area contributed by atoms with Gasteiger partial charge in [0.05, 0.1) is 24.9 Å². The number of carbonyl (C=O) groups excluding carboxylic acids is 3. The molecule has 8 atom stereocenters. The van der Waals surface area contributed by atoms with Gasteiger partial charge in [-0.05, 0) is 57.8 Å². The van der Waals surface area contributed by atoms with Crippen LogP contribution in [-0.2, 0) is 23.9 Å². The van der Waals surface area contributed by atoms with Crippen LogP contribution < -0.4 is 0 Å². The molecule has 0 heterocycles. The van der Waals surface area contributed by atoms with Crippen LogP contribution in [0.3, 0.4) is 0 Å². The predicted octanol–water partition coefficient (Wildman–Crippen LogP) is 2.99. The van der Waals surface area contributed by atoms with Crippen molar-refractivity contribution < 1.29 is 44.3 Å². The van der Waals surface area contributed by atoms with Gasteiger partial charge < -0.3 is 25.2 Å². The molecule has 0 radical (unpaired) electrons. The number of aliphatic hydroxyl groups excluding tert-OH is 1. The molecule has 0 aromatic carbocycles. The molecule has 9 nitrogen and oxygen atoms in total. The highest BCUT2D eigenvalue weighted by molar-refractivity contribution is 6.00. The van der Waals surface area contributed by atoms with Crippen LogP contribution in [0.4, 0.5) is 0 Å². The molecule has 0 amide bonds. The van der Waals surface area contributed by atoms with Crippen molar-refractivity contribution in [2.75, 3.05) is 6.61 Å². The van der Waals surface area contributed by atoms with E-state index in [0.29, 0.717) is 24.7 Å². The van der Waals surface area contributed by atoms with E-state index in [2.05, 4.69) is 0 Å². The number of fused-ring (bicyclic) bond motifs is 1. The predicted molar refractivity (Wildman–Crippen MR) is 131 cm³/mol. The van der Waals surface area contributed by atoms with Gasteiger partial charge in [0, 0.05) is 29.4 Å². The van der Waals surface area contributed by atoms with Crippen LogP contribution in [-0.4, -0.2) is 61.7 Å². The Morgan fingerprint density at radius 3 is 2.31 bits per heavy atom. The lowest BCUT2D eigenvalue weighted by Gasteiger charge is -2.61. The normalized spacial score (nSPS) is 37.9. The fourth-order valence-corrected chi connectivity index (χ4v) is 7.19. The number of Topliss-reactive ketones (excluding diaryl/α,β-unsaturated/α-hetero) is 1. The summed E-state index contributed by atoms with van der Waals surface area (Å²) in [6.45, 7) is 9.72. The number of carboxylic acids is 1. The monoisotopic (exact) mass is 508 g/mol. The second-order valence-corrected chi connectivity index (χ2v) is 11.3. The molecule has 2 fully saturated rings. The molecule has 9 heteroatoms. The van der Waals surface area contributed by atoms with Gasteiger partial charge in [-0.1, -0.05) is 26.3 Å². The smallest absolute Gasteiger partial charge is 0.328 e. The lowest BCUT2D eigenvalue weighted by Crippen LogP contribution is -2.69. The van der Waals surface area contributed by atoms with Crippen LogP contribution in [0.15, 0.2) is 24.0 Å². The Balaban J connectivity index is 2.51. The Morgan fingerprint density at radius 1 is 1.17 bits per heavy atom. The highest BCUT2D eigenvalue weighted by Crippen LogP contribution is 2.61. The molecule has 0 aliphatic heterocycles. The number of aliphatic carboxylic acids is 1. The molecule has 0 spiro atoms. The number of hydrogen-bond acceptors (Lipinski definition) is 8. The van der Waals surface area contributed by atoms with Gasteiger partial charge in [-0.25, -0.2) is 4.79 Å². The molecule has 4 N–H and O–H groups in total. The summed E-state index contributed by atoms with van der Waals surface area (Å²) in [6.07, 6.45) is 3.21. The number of ether oxygens (including phenoxy) is 1. The van der Waals surface area contributed by atoms with E-state index < -0.39 is 63.8 Å². The molecular formula is C27H40O9. The number of carbonyl (C=O) groups is 4. The van der Waals surface area contributed by atoms with Crippen molar-refractivity contribution in [3.05, 3.63) is 24.0 Å². The number of aliphatic hydroxyl groups is 3. The van der Waals surface area contributed by atoms with Crippen LogP contribution in [0.1, 0.15) is 67.2 Å². The fraction of sp³-hybridized carbons (Fsp3) is 0.704. The first-order valence-electron chi connectivity index (χ1n) is 12.4. The maximum atomic E-state index is 13.7. The van der Waals surface area contributed by atoms with Crippen molar-refractivity contribution in [3.8, 4) is 0 Å². The van der Waals surface area contributed by atoms with E-state index in [1.165, 1.54) is 13.8 Å². The molecule has 0 aromatic rings. The van der Waals surface area contributed by atoms with Gasteiger partial charge in [0.2, 0.25) is 0 Å². The van der Waals surface area contributed by atoms with Crippen LogP contribution in [0.2, 0.25) is 0 Å².